The van der Waals surface area contributed by atoms with Gasteiger partial charge in [0.1, 0.15) is 6.07 Å². The Kier molecular flexibility index (Phi) is 5.81. The molecular formula is C25H25N3. The van der Waals surface area contributed by atoms with E-state index in [1.54, 1.807) is 0 Å². The molecule has 140 valence electrons. The molecule has 3 rings (SSSR count). The van der Waals surface area contributed by atoms with Gasteiger partial charge in [-0.05, 0) is 41.0 Å². The summed E-state index contributed by atoms with van der Waals surface area (Å²) in [6, 6.07) is 29.0. The average molecular weight is 367 g/mol. The van der Waals surface area contributed by atoms with Crippen molar-refractivity contribution in [3.8, 4) is 6.07 Å². The fourth-order valence-corrected chi connectivity index (χ4v) is 3.18. The number of hydrogen-bond acceptors (Lipinski definition) is 3. The largest absolute Gasteiger partial charge is 0.378 e. The van der Waals surface area contributed by atoms with Gasteiger partial charge in [-0.3, -0.25) is 0 Å². The Labute approximate surface area is 167 Å². The molecule has 0 N–H and O–H groups in total. The molecule has 3 aromatic carbocycles. The van der Waals surface area contributed by atoms with Crippen molar-refractivity contribution in [1.29, 1.82) is 5.26 Å². The molecule has 0 spiro atoms. The van der Waals surface area contributed by atoms with Gasteiger partial charge in [-0.1, -0.05) is 54.6 Å². The van der Waals surface area contributed by atoms with E-state index in [0.29, 0.717) is 5.57 Å². The van der Waals surface area contributed by atoms with Crippen LogP contribution in [0.2, 0.25) is 0 Å². The van der Waals surface area contributed by atoms with Gasteiger partial charge < -0.3 is 9.80 Å². The minimum absolute atomic E-state index is 0.677. The summed E-state index contributed by atoms with van der Waals surface area (Å²) in [6.07, 6.45) is 0. The number of benzene rings is 3. The molecule has 28 heavy (non-hydrogen) atoms. The summed E-state index contributed by atoms with van der Waals surface area (Å²) in [5, 5.41) is 10.0. The summed E-state index contributed by atoms with van der Waals surface area (Å²) in [5.41, 5.74) is 6.87. The molecule has 0 radical (unpaired) electrons. The Balaban J connectivity index is 2.21. The Morgan fingerprint density at radius 3 is 1.39 bits per heavy atom. The fourth-order valence-electron chi connectivity index (χ4n) is 3.18. The highest BCUT2D eigenvalue weighted by molar-refractivity contribution is 6.03. The number of allylic oxidation sites excluding steroid dienone is 1. The maximum absolute atomic E-state index is 10.0. The molecular weight excluding hydrogens is 342 g/mol. The van der Waals surface area contributed by atoms with Crippen LogP contribution in [-0.2, 0) is 0 Å². The summed E-state index contributed by atoms with van der Waals surface area (Å²) in [6.45, 7) is 0. The molecule has 3 nitrogen and oxygen atoms in total. The maximum Gasteiger partial charge on any atom is 0.100 e. The second kappa shape index (κ2) is 8.45. The van der Waals surface area contributed by atoms with Crippen molar-refractivity contribution in [3.05, 3.63) is 95.6 Å². The number of anilines is 2. The van der Waals surface area contributed by atoms with Gasteiger partial charge in [-0.2, -0.15) is 5.26 Å². The molecule has 0 aliphatic heterocycles. The van der Waals surface area contributed by atoms with Crippen LogP contribution in [0.5, 0.6) is 0 Å². The molecule has 0 atom stereocenters. The molecule has 3 heteroatoms. The first-order valence-corrected chi connectivity index (χ1v) is 9.26. The van der Waals surface area contributed by atoms with E-state index >= 15 is 0 Å². The van der Waals surface area contributed by atoms with Crippen molar-refractivity contribution in [2.24, 2.45) is 0 Å². The lowest BCUT2D eigenvalue weighted by Gasteiger charge is -2.17. The quantitative estimate of drug-likeness (QED) is 0.453. The second-order valence-corrected chi connectivity index (χ2v) is 7.11. The first kappa shape index (κ1) is 19.3. The third kappa shape index (κ3) is 4.07. The van der Waals surface area contributed by atoms with Crippen molar-refractivity contribution in [2.75, 3.05) is 38.0 Å². The molecule has 0 saturated carbocycles. The predicted molar refractivity (Wildman–Crippen MR) is 120 cm³/mol. The highest BCUT2D eigenvalue weighted by Crippen LogP contribution is 2.33. The molecule has 0 bridgehead atoms. The van der Waals surface area contributed by atoms with E-state index in [9.17, 15) is 5.26 Å². The van der Waals surface area contributed by atoms with E-state index < -0.39 is 0 Å². The van der Waals surface area contributed by atoms with Gasteiger partial charge in [0.25, 0.3) is 0 Å². The van der Waals surface area contributed by atoms with Crippen LogP contribution in [0, 0.1) is 11.3 Å². The minimum atomic E-state index is 0.677. The second-order valence-electron chi connectivity index (χ2n) is 7.11. The third-order valence-corrected chi connectivity index (χ3v) is 4.77. The van der Waals surface area contributed by atoms with Crippen LogP contribution in [0.4, 0.5) is 11.4 Å². The van der Waals surface area contributed by atoms with Gasteiger partial charge in [0.05, 0.1) is 5.57 Å². The normalized spacial score (nSPS) is 10.1. The summed E-state index contributed by atoms with van der Waals surface area (Å²) in [5.74, 6) is 0. The van der Waals surface area contributed by atoms with Crippen LogP contribution in [-0.4, -0.2) is 28.2 Å². The SMILES string of the molecule is CN(C)c1ccc(C(=C(C#N)c2ccccc2)c2ccc(N(C)C)cc2)cc1. The Morgan fingerprint density at radius 2 is 1.04 bits per heavy atom. The van der Waals surface area contributed by atoms with E-state index in [2.05, 4.69) is 64.4 Å². The van der Waals surface area contributed by atoms with Gasteiger partial charge in [-0.25, -0.2) is 0 Å². The van der Waals surface area contributed by atoms with Crippen molar-refractivity contribution < 1.29 is 0 Å². The molecule has 0 fully saturated rings. The average Bonchev–Trinajstić information content (AvgIpc) is 2.72. The highest BCUT2D eigenvalue weighted by Gasteiger charge is 2.14. The van der Waals surface area contributed by atoms with Crippen LogP contribution < -0.4 is 9.80 Å². The molecule has 3 aromatic rings. The van der Waals surface area contributed by atoms with E-state index in [0.717, 1.165) is 33.6 Å². The molecule has 0 amide bonds. The van der Waals surface area contributed by atoms with Crippen LogP contribution in [0.25, 0.3) is 11.1 Å². The highest BCUT2D eigenvalue weighted by atomic mass is 15.1. The zero-order valence-corrected chi connectivity index (χ0v) is 16.8. The lowest BCUT2D eigenvalue weighted by molar-refractivity contribution is 1.13. The summed E-state index contributed by atoms with van der Waals surface area (Å²) in [4.78, 5) is 4.14. The number of nitrogens with zero attached hydrogens (tertiary/aromatic N) is 3. The fraction of sp³-hybridized carbons (Fsp3) is 0.160. The van der Waals surface area contributed by atoms with E-state index in [1.165, 1.54) is 0 Å². The van der Waals surface area contributed by atoms with Crippen molar-refractivity contribution in [1.82, 2.24) is 0 Å². The van der Waals surface area contributed by atoms with Crippen molar-refractivity contribution >= 4 is 22.5 Å². The van der Waals surface area contributed by atoms with Gasteiger partial charge in [0.15, 0.2) is 0 Å². The van der Waals surface area contributed by atoms with Crippen LogP contribution in [0.1, 0.15) is 16.7 Å². The zero-order valence-electron chi connectivity index (χ0n) is 16.8. The molecule has 0 saturated heterocycles. The predicted octanol–water partition coefficient (Wildman–Crippen LogP) is 5.30. The number of rotatable bonds is 5. The Bertz CT molecular complexity index is 937. The van der Waals surface area contributed by atoms with Gasteiger partial charge >= 0.3 is 0 Å². The monoisotopic (exact) mass is 367 g/mol. The third-order valence-electron chi connectivity index (χ3n) is 4.77. The molecule has 0 unspecified atom stereocenters. The number of nitriles is 1. The summed E-state index contributed by atoms with van der Waals surface area (Å²) in [7, 11) is 8.10. The molecule has 0 aliphatic carbocycles. The van der Waals surface area contributed by atoms with Crippen molar-refractivity contribution in [3.63, 3.8) is 0 Å². The van der Waals surface area contributed by atoms with Crippen molar-refractivity contribution in [2.45, 2.75) is 0 Å². The van der Waals surface area contributed by atoms with Crippen LogP contribution in [0.3, 0.4) is 0 Å². The van der Waals surface area contributed by atoms with E-state index in [-0.39, 0.29) is 0 Å². The first-order chi connectivity index (χ1) is 13.5. The zero-order chi connectivity index (χ0) is 20.1. The summed E-state index contributed by atoms with van der Waals surface area (Å²) < 4.78 is 0. The topological polar surface area (TPSA) is 30.3 Å². The standard InChI is InChI=1S/C25H25N3/c1-27(2)22-14-10-20(11-15-22)25(21-12-16-23(17-13-21)28(3)4)24(18-26)19-8-6-5-7-9-19/h5-17H,1-4H3. The molecule has 0 heterocycles. The molecule has 0 aliphatic rings. The maximum atomic E-state index is 10.0. The van der Waals surface area contributed by atoms with Crippen LogP contribution in [0.15, 0.2) is 78.9 Å². The number of hydrogen-bond donors (Lipinski definition) is 0. The first-order valence-electron chi connectivity index (χ1n) is 9.26. The molecule has 0 aromatic heterocycles. The van der Waals surface area contributed by atoms with E-state index in [1.807, 2.05) is 58.5 Å². The Morgan fingerprint density at radius 1 is 0.607 bits per heavy atom. The van der Waals surface area contributed by atoms with Gasteiger partial charge in [0.2, 0.25) is 0 Å². The van der Waals surface area contributed by atoms with Crippen LogP contribution >= 0.6 is 0 Å². The minimum Gasteiger partial charge on any atom is -0.378 e. The van der Waals surface area contributed by atoms with Gasteiger partial charge in [0, 0.05) is 45.1 Å². The lowest BCUT2D eigenvalue weighted by Crippen LogP contribution is -2.08. The summed E-state index contributed by atoms with van der Waals surface area (Å²) >= 11 is 0. The smallest absolute Gasteiger partial charge is 0.100 e. The lowest BCUT2D eigenvalue weighted by atomic mass is 9.90. The Hall–Kier alpha value is -3.51. The van der Waals surface area contributed by atoms with Gasteiger partial charge in [-0.15, -0.1) is 0 Å². The van der Waals surface area contributed by atoms with E-state index in [4.69, 9.17) is 0 Å².